The van der Waals surface area contributed by atoms with Gasteiger partial charge in [0.05, 0.1) is 0 Å². The Morgan fingerprint density at radius 2 is 2.11 bits per heavy atom. The van der Waals surface area contributed by atoms with Crippen LogP contribution in [0.4, 0.5) is 5.69 Å². The highest BCUT2D eigenvalue weighted by Crippen LogP contribution is 2.33. The molecule has 0 spiro atoms. The summed E-state index contributed by atoms with van der Waals surface area (Å²) in [6, 6.07) is 2.76. The molecule has 0 bridgehead atoms. The quantitative estimate of drug-likeness (QED) is 0.873. The van der Waals surface area contributed by atoms with E-state index in [4.69, 9.17) is 5.73 Å². The number of hydrogen-bond acceptors (Lipinski definition) is 3. The van der Waals surface area contributed by atoms with Crippen molar-refractivity contribution in [1.29, 1.82) is 0 Å². The fourth-order valence-electron chi connectivity index (χ4n) is 3.03. The van der Waals surface area contributed by atoms with Crippen molar-refractivity contribution in [3.05, 3.63) is 23.5 Å². The van der Waals surface area contributed by atoms with Crippen LogP contribution in [-0.2, 0) is 6.54 Å². The SMILES string of the molecule is Cc1cc(N2CC(C)CC(C)C2C)c(CN)cn1. The van der Waals surface area contributed by atoms with Crippen molar-refractivity contribution in [2.75, 3.05) is 11.4 Å². The van der Waals surface area contributed by atoms with Crippen molar-refractivity contribution >= 4 is 5.69 Å². The van der Waals surface area contributed by atoms with Crippen molar-refractivity contribution in [3.63, 3.8) is 0 Å². The monoisotopic (exact) mass is 247 g/mol. The van der Waals surface area contributed by atoms with E-state index in [1.165, 1.54) is 12.1 Å². The van der Waals surface area contributed by atoms with Crippen LogP contribution in [-0.4, -0.2) is 17.6 Å². The zero-order valence-electron chi connectivity index (χ0n) is 12.0. The van der Waals surface area contributed by atoms with Crippen LogP contribution in [0.5, 0.6) is 0 Å². The van der Waals surface area contributed by atoms with Crippen LogP contribution in [0, 0.1) is 18.8 Å². The Bertz CT molecular complexity index is 416. The summed E-state index contributed by atoms with van der Waals surface area (Å²) in [6.45, 7) is 10.8. The summed E-state index contributed by atoms with van der Waals surface area (Å²) < 4.78 is 0. The van der Waals surface area contributed by atoms with Gasteiger partial charge in [-0.05, 0) is 38.2 Å². The molecule has 3 atom stereocenters. The number of aryl methyl sites for hydroxylation is 1. The molecule has 0 aromatic carbocycles. The number of piperidine rings is 1. The van der Waals surface area contributed by atoms with E-state index in [1.807, 2.05) is 13.1 Å². The number of nitrogens with two attached hydrogens (primary N) is 1. The maximum absolute atomic E-state index is 5.86. The van der Waals surface area contributed by atoms with Crippen LogP contribution < -0.4 is 10.6 Å². The number of rotatable bonds is 2. The second-order valence-electron chi connectivity index (χ2n) is 5.87. The van der Waals surface area contributed by atoms with Gasteiger partial charge in [0.25, 0.3) is 0 Å². The molecular formula is C15H25N3. The molecule has 0 aliphatic carbocycles. The summed E-state index contributed by atoms with van der Waals surface area (Å²) in [5, 5.41) is 0. The standard InChI is InChI=1S/C15H25N3/c1-10-5-11(2)13(4)18(9-10)15-6-12(3)17-8-14(15)7-16/h6,8,10-11,13H,5,7,9,16H2,1-4H3. The summed E-state index contributed by atoms with van der Waals surface area (Å²) in [6.07, 6.45) is 3.25. The summed E-state index contributed by atoms with van der Waals surface area (Å²) in [7, 11) is 0. The Balaban J connectivity index is 2.37. The minimum atomic E-state index is 0.564. The highest BCUT2D eigenvalue weighted by molar-refractivity contribution is 5.55. The minimum absolute atomic E-state index is 0.564. The lowest BCUT2D eigenvalue weighted by atomic mass is 9.85. The smallest absolute Gasteiger partial charge is 0.0448 e. The Hall–Kier alpha value is -1.09. The van der Waals surface area contributed by atoms with E-state index in [0.29, 0.717) is 12.6 Å². The maximum atomic E-state index is 5.86. The highest BCUT2D eigenvalue weighted by Gasteiger charge is 2.29. The van der Waals surface area contributed by atoms with Gasteiger partial charge in [-0.25, -0.2) is 0 Å². The van der Waals surface area contributed by atoms with Crippen molar-refractivity contribution < 1.29 is 0 Å². The lowest BCUT2D eigenvalue weighted by molar-refractivity contribution is 0.296. The minimum Gasteiger partial charge on any atom is -0.368 e. The molecule has 1 fully saturated rings. The summed E-state index contributed by atoms with van der Waals surface area (Å²) in [5.74, 6) is 1.48. The van der Waals surface area contributed by atoms with Crippen LogP contribution in [0.1, 0.15) is 38.4 Å². The van der Waals surface area contributed by atoms with Crippen LogP contribution in [0.15, 0.2) is 12.3 Å². The van der Waals surface area contributed by atoms with E-state index in [-0.39, 0.29) is 0 Å². The number of anilines is 1. The Labute approximate surface area is 110 Å². The van der Waals surface area contributed by atoms with Gasteiger partial charge in [-0.2, -0.15) is 0 Å². The normalized spacial score (nSPS) is 28.5. The fraction of sp³-hybridized carbons (Fsp3) is 0.667. The van der Waals surface area contributed by atoms with Crippen LogP contribution >= 0.6 is 0 Å². The molecule has 1 aliphatic heterocycles. The van der Waals surface area contributed by atoms with E-state index in [0.717, 1.165) is 29.6 Å². The average molecular weight is 247 g/mol. The van der Waals surface area contributed by atoms with Gasteiger partial charge >= 0.3 is 0 Å². The first kappa shape index (κ1) is 13.3. The Kier molecular flexibility index (Phi) is 3.91. The molecule has 2 N–H and O–H groups in total. The first-order chi connectivity index (χ1) is 8.52. The van der Waals surface area contributed by atoms with Crippen molar-refractivity contribution in [1.82, 2.24) is 4.98 Å². The van der Waals surface area contributed by atoms with Gasteiger partial charge in [0.2, 0.25) is 0 Å². The van der Waals surface area contributed by atoms with Gasteiger partial charge in [0.15, 0.2) is 0 Å². The topological polar surface area (TPSA) is 42.1 Å². The molecule has 3 unspecified atom stereocenters. The Morgan fingerprint density at radius 1 is 1.39 bits per heavy atom. The molecule has 0 saturated carbocycles. The number of aromatic nitrogens is 1. The van der Waals surface area contributed by atoms with Crippen molar-refractivity contribution in [2.45, 2.75) is 46.7 Å². The predicted molar refractivity (Wildman–Crippen MR) is 76.6 cm³/mol. The lowest BCUT2D eigenvalue weighted by Crippen LogP contribution is -2.46. The zero-order valence-corrected chi connectivity index (χ0v) is 12.0. The van der Waals surface area contributed by atoms with Crippen molar-refractivity contribution in [2.24, 2.45) is 17.6 Å². The van der Waals surface area contributed by atoms with Gasteiger partial charge in [0.1, 0.15) is 0 Å². The van der Waals surface area contributed by atoms with E-state index in [9.17, 15) is 0 Å². The molecular weight excluding hydrogens is 222 g/mol. The molecule has 3 nitrogen and oxygen atoms in total. The van der Waals surface area contributed by atoms with Gasteiger partial charge in [-0.1, -0.05) is 13.8 Å². The second kappa shape index (κ2) is 5.27. The van der Waals surface area contributed by atoms with E-state index < -0.39 is 0 Å². The van der Waals surface area contributed by atoms with E-state index in [2.05, 4.69) is 36.7 Å². The molecule has 3 heteroatoms. The summed E-state index contributed by atoms with van der Waals surface area (Å²) in [4.78, 5) is 6.89. The van der Waals surface area contributed by atoms with Gasteiger partial charge in [-0.3, -0.25) is 4.98 Å². The average Bonchev–Trinajstić information content (AvgIpc) is 2.33. The van der Waals surface area contributed by atoms with Crippen LogP contribution in [0.2, 0.25) is 0 Å². The molecule has 2 rings (SSSR count). The van der Waals surface area contributed by atoms with Crippen LogP contribution in [0.25, 0.3) is 0 Å². The number of pyridine rings is 1. The molecule has 0 radical (unpaired) electrons. The van der Waals surface area contributed by atoms with Crippen molar-refractivity contribution in [3.8, 4) is 0 Å². The highest BCUT2D eigenvalue weighted by atomic mass is 15.2. The van der Waals surface area contributed by atoms with E-state index in [1.54, 1.807) is 0 Å². The fourth-order valence-corrected chi connectivity index (χ4v) is 3.03. The summed E-state index contributed by atoms with van der Waals surface area (Å²) in [5.41, 5.74) is 9.37. The second-order valence-corrected chi connectivity index (χ2v) is 5.87. The van der Waals surface area contributed by atoms with Gasteiger partial charge in [0, 0.05) is 42.3 Å². The number of hydrogen-bond donors (Lipinski definition) is 1. The van der Waals surface area contributed by atoms with Crippen LogP contribution in [0.3, 0.4) is 0 Å². The first-order valence-corrected chi connectivity index (χ1v) is 6.95. The molecule has 1 aromatic heterocycles. The Morgan fingerprint density at radius 3 is 2.78 bits per heavy atom. The lowest BCUT2D eigenvalue weighted by Gasteiger charge is -2.43. The molecule has 100 valence electrons. The largest absolute Gasteiger partial charge is 0.368 e. The summed E-state index contributed by atoms with van der Waals surface area (Å²) >= 11 is 0. The zero-order chi connectivity index (χ0) is 13.3. The molecule has 18 heavy (non-hydrogen) atoms. The molecule has 0 amide bonds. The molecule has 1 saturated heterocycles. The third-order valence-corrected chi connectivity index (χ3v) is 4.23. The molecule has 1 aliphatic rings. The first-order valence-electron chi connectivity index (χ1n) is 6.95. The van der Waals surface area contributed by atoms with Gasteiger partial charge < -0.3 is 10.6 Å². The third kappa shape index (κ3) is 2.51. The number of nitrogens with zero attached hydrogens (tertiary/aromatic N) is 2. The molecule has 1 aromatic rings. The molecule has 2 heterocycles. The predicted octanol–water partition coefficient (Wildman–Crippen LogP) is 2.72. The third-order valence-electron chi connectivity index (χ3n) is 4.23. The maximum Gasteiger partial charge on any atom is 0.0448 e. The van der Waals surface area contributed by atoms with Gasteiger partial charge in [-0.15, -0.1) is 0 Å². The van der Waals surface area contributed by atoms with E-state index >= 15 is 0 Å².